The van der Waals surface area contributed by atoms with Gasteiger partial charge in [-0.05, 0) is 6.07 Å². The van der Waals surface area contributed by atoms with Crippen molar-refractivity contribution in [1.82, 2.24) is 10.1 Å². The normalized spacial score (nSPS) is 10.4. The highest BCUT2D eigenvalue weighted by Crippen LogP contribution is 2.04. The number of hydrogen-bond donors (Lipinski definition) is 1. The Morgan fingerprint density at radius 3 is 3.30 bits per heavy atom. The zero-order valence-electron chi connectivity index (χ0n) is 5.00. The molecule has 0 amide bonds. The molecule has 0 fully saturated rings. The van der Waals surface area contributed by atoms with E-state index in [0.717, 1.165) is 5.39 Å². The average molecular weight is 136 g/mol. The van der Waals surface area contributed by atoms with Crippen LogP contribution in [0.1, 0.15) is 0 Å². The van der Waals surface area contributed by atoms with E-state index >= 15 is 0 Å². The summed E-state index contributed by atoms with van der Waals surface area (Å²) in [5.41, 5.74) is 0.247. The molecule has 2 heterocycles. The number of H-pyrrole nitrogens is 1. The van der Waals surface area contributed by atoms with Crippen LogP contribution in [-0.2, 0) is 0 Å². The largest absolute Gasteiger partial charge is 0.338 e. The molecule has 4 heteroatoms. The van der Waals surface area contributed by atoms with Gasteiger partial charge in [0.2, 0.25) is 5.71 Å². The highest BCUT2D eigenvalue weighted by molar-refractivity contribution is 5.70. The molecule has 0 aromatic carbocycles. The minimum atomic E-state index is -0.177. The first-order valence-electron chi connectivity index (χ1n) is 2.80. The van der Waals surface area contributed by atoms with Gasteiger partial charge >= 0.3 is 0 Å². The lowest BCUT2D eigenvalue weighted by molar-refractivity contribution is 0.448. The van der Waals surface area contributed by atoms with Crippen molar-refractivity contribution >= 4 is 11.1 Å². The maximum Gasteiger partial charge on any atom is 0.250 e. The lowest BCUT2D eigenvalue weighted by Crippen LogP contribution is -2.00. The van der Waals surface area contributed by atoms with E-state index in [1.54, 1.807) is 12.3 Å². The van der Waals surface area contributed by atoms with Crippen molar-refractivity contribution in [2.24, 2.45) is 0 Å². The zero-order chi connectivity index (χ0) is 6.97. The summed E-state index contributed by atoms with van der Waals surface area (Å²) in [6, 6.07) is 3.09. The smallest absolute Gasteiger partial charge is 0.250 e. The average Bonchev–Trinajstić information content (AvgIpc) is 2.33. The molecule has 2 aromatic rings. The second-order valence-corrected chi connectivity index (χ2v) is 1.93. The van der Waals surface area contributed by atoms with Gasteiger partial charge in [-0.1, -0.05) is 5.16 Å². The Morgan fingerprint density at radius 1 is 1.50 bits per heavy atom. The third kappa shape index (κ3) is 0.621. The van der Waals surface area contributed by atoms with Crippen molar-refractivity contribution in [1.29, 1.82) is 0 Å². The second-order valence-electron chi connectivity index (χ2n) is 1.93. The summed E-state index contributed by atoms with van der Waals surface area (Å²) in [6.45, 7) is 0. The van der Waals surface area contributed by atoms with Crippen LogP contribution in [0.5, 0.6) is 0 Å². The zero-order valence-corrected chi connectivity index (χ0v) is 5.00. The SMILES string of the molecule is O=c1ccc2cnoc2[nH]1. The highest BCUT2D eigenvalue weighted by Gasteiger charge is 1.95. The van der Waals surface area contributed by atoms with E-state index in [1.807, 2.05) is 0 Å². The van der Waals surface area contributed by atoms with Crippen molar-refractivity contribution in [2.45, 2.75) is 0 Å². The molecule has 0 bridgehead atoms. The fraction of sp³-hybridized carbons (Fsp3) is 0. The number of fused-ring (bicyclic) bond motifs is 1. The standard InChI is InChI=1S/C6H4N2O2/c9-5-2-1-4-3-7-10-6(4)8-5/h1-3H,(H,8,9). The summed E-state index contributed by atoms with van der Waals surface area (Å²) in [5.74, 6) is 0. The van der Waals surface area contributed by atoms with Crippen molar-refractivity contribution in [3.05, 3.63) is 28.7 Å². The molecule has 0 saturated carbocycles. The van der Waals surface area contributed by atoms with Gasteiger partial charge in [0.25, 0.3) is 5.56 Å². The molecule has 0 spiro atoms. The molecule has 0 saturated heterocycles. The van der Waals surface area contributed by atoms with Crippen molar-refractivity contribution in [2.75, 3.05) is 0 Å². The van der Waals surface area contributed by atoms with Gasteiger partial charge in [0.05, 0.1) is 11.6 Å². The summed E-state index contributed by atoms with van der Waals surface area (Å²) in [5, 5.41) is 4.30. The van der Waals surface area contributed by atoms with E-state index in [1.165, 1.54) is 6.07 Å². The molecule has 1 N–H and O–H groups in total. The number of hydrogen-bond acceptors (Lipinski definition) is 3. The molecule has 0 radical (unpaired) electrons. The number of aromatic amines is 1. The molecule has 2 aromatic heterocycles. The summed E-state index contributed by atoms with van der Waals surface area (Å²) in [7, 11) is 0. The Bertz CT molecular complexity index is 401. The van der Waals surface area contributed by atoms with E-state index in [9.17, 15) is 4.79 Å². The third-order valence-electron chi connectivity index (χ3n) is 1.25. The molecule has 10 heavy (non-hydrogen) atoms. The number of nitrogens with one attached hydrogen (secondary N) is 1. The third-order valence-corrected chi connectivity index (χ3v) is 1.25. The number of nitrogens with zero attached hydrogens (tertiary/aromatic N) is 1. The molecule has 0 unspecified atom stereocenters. The van der Waals surface area contributed by atoms with Gasteiger partial charge in [-0.15, -0.1) is 0 Å². The maximum absolute atomic E-state index is 10.6. The fourth-order valence-corrected chi connectivity index (χ4v) is 0.780. The lowest BCUT2D eigenvalue weighted by atomic mass is 10.4. The van der Waals surface area contributed by atoms with E-state index in [-0.39, 0.29) is 5.56 Å². The van der Waals surface area contributed by atoms with E-state index in [2.05, 4.69) is 10.1 Å². The van der Waals surface area contributed by atoms with Crippen LogP contribution in [0.15, 0.2) is 27.6 Å². The molecular formula is C6H4N2O2. The van der Waals surface area contributed by atoms with Gasteiger partial charge in [0, 0.05) is 6.07 Å². The van der Waals surface area contributed by atoms with E-state index in [0.29, 0.717) is 5.71 Å². The van der Waals surface area contributed by atoms with Gasteiger partial charge in [0.1, 0.15) is 0 Å². The number of rotatable bonds is 0. The Kier molecular flexibility index (Phi) is 0.887. The molecule has 0 aliphatic rings. The minimum Gasteiger partial charge on any atom is -0.338 e. The maximum atomic E-state index is 10.6. The number of aromatic nitrogens is 2. The molecular weight excluding hydrogens is 132 g/mol. The minimum absolute atomic E-state index is 0.177. The van der Waals surface area contributed by atoms with Crippen LogP contribution in [-0.4, -0.2) is 10.1 Å². The molecule has 2 rings (SSSR count). The highest BCUT2D eigenvalue weighted by atomic mass is 16.5. The van der Waals surface area contributed by atoms with Crippen LogP contribution in [0.2, 0.25) is 0 Å². The van der Waals surface area contributed by atoms with Gasteiger partial charge < -0.3 is 4.52 Å². The first kappa shape index (κ1) is 5.22. The van der Waals surface area contributed by atoms with Crippen LogP contribution < -0.4 is 5.56 Å². The van der Waals surface area contributed by atoms with Crippen LogP contribution in [0, 0.1) is 0 Å². The van der Waals surface area contributed by atoms with Crippen LogP contribution in [0.25, 0.3) is 11.1 Å². The Labute approximate surface area is 55.5 Å². The molecule has 0 aliphatic carbocycles. The number of pyridine rings is 1. The first-order valence-corrected chi connectivity index (χ1v) is 2.80. The monoisotopic (exact) mass is 136 g/mol. The van der Waals surface area contributed by atoms with Gasteiger partial charge in [0.15, 0.2) is 0 Å². The molecule has 0 atom stereocenters. The van der Waals surface area contributed by atoms with Crippen molar-refractivity contribution in [3.63, 3.8) is 0 Å². The molecule has 50 valence electrons. The Hall–Kier alpha value is -1.58. The van der Waals surface area contributed by atoms with Crippen molar-refractivity contribution < 1.29 is 4.52 Å². The predicted octanol–water partition coefficient (Wildman–Crippen LogP) is 0.516. The first-order chi connectivity index (χ1) is 4.86. The van der Waals surface area contributed by atoms with Crippen molar-refractivity contribution in [3.8, 4) is 0 Å². The van der Waals surface area contributed by atoms with Gasteiger partial charge in [-0.25, -0.2) is 0 Å². The Morgan fingerprint density at radius 2 is 2.40 bits per heavy atom. The topological polar surface area (TPSA) is 58.9 Å². The molecule has 4 nitrogen and oxygen atoms in total. The van der Waals surface area contributed by atoms with Gasteiger partial charge in [-0.3, -0.25) is 9.78 Å². The summed E-state index contributed by atoms with van der Waals surface area (Å²) in [6.07, 6.45) is 1.55. The predicted molar refractivity (Wildman–Crippen MR) is 34.6 cm³/mol. The second kappa shape index (κ2) is 1.70. The lowest BCUT2D eigenvalue weighted by Gasteiger charge is -1.80. The van der Waals surface area contributed by atoms with Crippen LogP contribution in [0.3, 0.4) is 0 Å². The Balaban J connectivity index is 2.99. The van der Waals surface area contributed by atoms with Crippen LogP contribution >= 0.6 is 0 Å². The van der Waals surface area contributed by atoms with E-state index in [4.69, 9.17) is 4.52 Å². The molecule has 0 aliphatic heterocycles. The summed E-state index contributed by atoms with van der Waals surface area (Å²) in [4.78, 5) is 13.1. The fourth-order valence-electron chi connectivity index (χ4n) is 0.780. The van der Waals surface area contributed by atoms with E-state index < -0.39 is 0 Å². The summed E-state index contributed by atoms with van der Waals surface area (Å²) >= 11 is 0. The quantitative estimate of drug-likeness (QED) is 0.574. The van der Waals surface area contributed by atoms with Crippen LogP contribution in [0.4, 0.5) is 0 Å². The summed E-state index contributed by atoms with van der Waals surface area (Å²) < 4.78 is 4.69. The van der Waals surface area contributed by atoms with Gasteiger partial charge in [-0.2, -0.15) is 0 Å².